The quantitative estimate of drug-likeness (QED) is 0.281. The van der Waals surface area contributed by atoms with Crippen LogP contribution in [0, 0.1) is 10.4 Å². The van der Waals surface area contributed by atoms with Crippen LogP contribution in [0.5, 0.6) is 0 Å². The number of hydrogen-bond donors (Lipinski definition) is 0. The van der Waals surface area contributed by atoms with Crippen molar-refractivity contribution in [3.8, 4) is 0 Å². The molecular weight excluding hydrogens is 112 g/mol. The van der Waals surface area contributed by atoms with Crippen LogP contribution in [0.1, 0.15) is 0 Å². The van der Waals surface area contributed by atoms with Gasteiger partial charge in [0.1, 0.15) is 0 Å². The van der Waals surface area contributed by atoms with E-state index in [1.807, 2.05) is 0 Å². The topological polar surface area (TPSA) is 79.7 Å². The first kappa shape index (κ1) is 4.69. The monoisotopic (exact) mass is 114 g/mol. The van der Waals surface area contributed by atoms with Gasteiger partial charge in [-0.05, 0) is 9.69 Å². The Morgan fingerprint density at radius 1 is 1.00 bits per heavy atom. The highest BCUT2D eigenvalue weighted by Gasteiger charge is 1.96. The predicted molar refractivity (Wildman–Crippen MR) is 20.0 cm³/mol. The van der Waals surface area contributed by atoms with Crippen LogP contribution in [-0.4, -0.2) is 10.4 Å². The summed E-state index contributed by atoms with van der Waals surface area (Å²) in [5, 5.41) is 25.7. The van der Waals surface area contributed by atoms with Gasteiger partial charge in [0.2, 0.25) is 0 Å². The Morgan fingerprint density at radius 3 is 1.62 bits per heavy atom. The molecule has 0 atom stereocenters. The number of nitrogens with zero attached hydrogens (tertiary/aromatic N) is 4. The van der Waals surface area contributed by atoms with Crippen LogP contribution in [0.4, 0.5) is 0 Å². The Hall–Kier alpha value is -1.46. The van der Waals surface area contributed by atoms with Crippen molar-refractivity contribution in [2.24, 2.45) is 0 Å². The average molecular weight is 114 g/mol. The lowest BCUT2D eigenvalue weighted by molar-refractivity contribution is -0.756. The molecule has 0 aliphatic rings. The van der Waals surface area contributed by atoms with Gasteiger partial charge in [0, 0.05) is 0 Å². The van der Waals surface area contributed by atoms with Crippen LogP contribution < -0.4 is 9.69 Å². The van der Waals surface area contributed by atoms with Crippen molar-refractivity contribution in [2.45, 2.75) is 0 Å². The molecule has 0 aliphatic carbocycles. The summed E-state index contributed by atoms with van der Waals surface area (Å²) in [5.41, 5.74) is 0. The van der Waals surface area contributed by atoms with Gasteiger partial charge in [-0.25, -0.2) is 0 Å². The molecule has 6 heteroatoms. The molecule has 1 heterocycles. The molecule has 0 fully saturated rings. The minimum Gasteiger partial charge on any atom is -0.673 e. The van der Waals surface area contributed by atoms with Gasteiger partial charge in [-0.2, -0.15) is 0 Å². The largest absolute Gasteiger partial charge is 0.673 e. The van der Waals surface area contributed by atoms with Crippen molar-refractivity contribution in [1.82, 2.24) is 10.4 Å². The summed E-state index contributed by atoms with van der Waals surface area (Å²) in [6, 6.07) is 0. The molecule has 0 unspecified atom stereocenters. The molecule has 0 amide bonds. The lowest BCUT2D eigenvalue weighted by Crippen LogP contribution is -2.42. The number of rotatable bonds is 0. The average Bonchev–Trinajstić information content (AvgIpc) is 1.77. The van der Waals surface area contributed by atoms with Crippen molar-refractivity contribution in [3.63, 3.8) is 0 Å². The van der Waals surface area contributed by atoms with E-state index in [4.69, 9.17) is 0 Å². The molecule has 0 radical (unpaired) electrons. The molecule has 0 bridgehead atoms. The zero-order valence-corrected chi connectivity index (χ0v) is 3.76. The standard InChI is InChI=1S/C2H2N4O2/c7-5-1-2-6(8)4-3-5/h1-2H. The Morgan fingerprint density at radius 2 is 1.38 bits per heavy atom. The lowest BCUT2D eigenvalue weighted by Gasteiger charge is -1.86. The third-order valence-corrected chi connectivity index (χ3v) is 0.538. The van der Waals surface area contributed by atoms with E-state index in [1.165, 1.54) is 0 Å². The minimum atomic E-state index is 0.189. The molecular formula is C2H2N4O2. The molecule has 8 heavy (non-hydrogen) atoms. The Labute approximate surface area is 44.1 Å². The zero-order chi connectivity index (χ0) is 5.98. The predicted octanol–water partition coefficient (Wildman–Crippen LogP) is -2.26. The third-order valence-electron chi connectivity index (χ3n) is 0.538. The van der Waals surface area contributed by atoms with Crippen LogP contribution >= 0.6 is 0 Å². The van der Waals surface area contributed by atoms with E-state index in [2.05, 4.69) is 10.4 Å². The smallest absolute Gasteiger partial charge is 0.392 e. The fourth-order valence-corrected chi connectivity index (χ4v) is 0.253. The molecule has 1 aromatic heterocycles. The highest BCUT2D eigenvalue weighted by molar-refractivity contribution is 4.40. The second-order valence-electron chi connectivity index (χ2n) is 1.08. The summed E-state index contributed by atoms with van der Waals surface area (Å²) >= 11 is 0. The van der Waals surface area contributed by atoms with Crippen LogP contribution in [0.15, 0.2) is 12.4 Å². The van der Waals surface area contributed by atoms with Crippen LogP contribution in [0.3, 0.4) is 0 Å². The molecule has 42 valence electrons. The van der Waals surface area contributed by atoms with Gasteiger partial charge in [-0.15, -0.1) is 0 Å². The van der Waals surface area contributed by atoms with Crippen molar-refractivity contribution >= 4 is 0 Å². The summed E-state index contributed by atoms with van der Waals surface area (Å²) < 4.78 is 0. The van der Waals surface area contributed by atoms with Gasteiger partial charge < -0.3 is 10.4 Å². The Kier molecular flexibility index (Phi) is 0.918. The highest BCUT2D eigenvalue weighted by Crippen LogP contribution is 1.50. The Bertz CT molecular complexity index is 151. The van der Waals surface area contributed by atoms with E-state index in [-0.39, 0.29) is 9.69 Å². The second kappa shape index (κ2) is 1.57. The summed E-state index contributed by atoms with van der Waals surface area (Å²) in [5.74, 6) is 0. The van der Waals surface area contributed by atoms with Gasteiger partial charge in [0.25, 0.3) is 0 Å². The fourth-order valence-electron chi connectivity index (χ4n) is 0.253. The number of aromatic nitrogens is 4. The second-order valence-corrected chi connectivity index (χ2v) is 1.08. The summed E-state index contributed by atoms with van der Waals surface area (Å²) in [7, 11) is 0. The van der Waals surface area contributed by atoms with Crippen molar-refractivity contribution in [1.29, 1.82) is 0 Å². The molecule has 0 N–H and O–H groups in total. The van der Waals surface area contributed by atoms with Gasteiger partial charge in [-0.3, -0.25) is 0 Å². The first-order valence-electron chi connectivity index (χ1n) is 1.81. The summed E-state index contributed by atoms with van der Waals surface area (Å²) in [4.78, 5) is 0.378. The molecule has 0 saturated heterocycles. The van der Waals surface area contributed by atoms with Gasteiger partial charge in [0.05, 0.1) is 0 Å². The molecule has 6 nitrogen and oxygen atoms in total. The lowest BCUT2D eigenvalue weighted by atomic mass is 10.9. The van der Waals surface area contributed by atoms with E-state index in [0.717, 1.165) is 12.4 Å². The normalized spacial score (nSPS) is 9.00. The van der Waals surface area contributed by atoms with Crippen LogP contribution in [0.2, 0.25) is 0 Å². The molecule has 0 aliphatic heterocycles. The third kappa shape index (κ3) is 0.780. The highest BCUT2D eigenvalue weighted by atomic mass is 16.5. The van der Waals surface area contributed by atoms with E-state index in [9.17, 15) is 10.4 Å². The summed E-state index contributed by atoms with van der Waals surface area (Å²) in [6.07, 6.45) is 1.92. The Balaban J connectivity index is 3.03. The maximum atomic E-state index is 10.0. The molecule has 1 aromatic rings. The fraction of sp³-hybridized carbons (Fsp3) is 0. The minimum absolute atomic E-state index is 0.189. The SMILES string of the molecule is [O-][n+]1cc[n+]([O-])nn1. The van der Waals surface area contributed by atoms with E-state index in [0.29, 0.717) is 0 Å². The summed E-state index contributed by atoms with van der Waals surface area (Å²) in [6.45, 7) is 0. The zero-order valence-electron chi connectivity index (χ0n) is 3.76. The molecule has 0 aromatic carbocycles. The maximum absolute atomic E-state index is 10.0. The van der Waals surface area contributed by atoms with Gasteiger partial charge >= 0.3 is 10.4 Å². The van der Waals surface area contributed by atoms with Crippen molar-refractivity contribution in [2.75, 3.05) is 0 Å². The van der Waals surface area contributed by atoms with E-state index < -0.39 is 0 Å². The van der Waals surface area contributed by atoms with Crippen molar-refractivity contribution < 1.29 is 9.69 Å². The maximum Gasteiger partial charge on any atom is 0.392 e. The first-order valence-corrected chi connectivity index (χ1v) is 1.81. The molecule has 0 saturated carbocycles. The van der Waals surface area contributed by atoms with E-state index in [1.54, 1.807) is 0 Å². The van der Waals surface area contributed by atoms with Crippen LogP contribution in [-0.2, 0) is 0 Å². The first-order chi connectivity index (χ1) is 3.79. The van der Waals surface area contributed by atoms with Gasteiger partial charge in [-0.1, -0.05) is 0 Å². The van der Waals surface area contributed by atoms with E-state index >= 15 is 0 Å². The van der Waals surface area contributed by atoms with Gasteiger partial charge in [0.15, 0.2) is 12.4 Å². The van der Waals surface area contributed by atoms with Crippen LogP contribution in [0.25, 0.3) is 0 Å². The molecule has 0 spiro atoms. The number of hydrogen-bond acceptors (Lipinski definition) is 4. The molecule has 1 rings (SSSR count). The van der Waals surface area contributed by atoms with Crippen molar-refractivity contribution in [3.05, 3.63) is 22.8 Å².